The Morgan fingerprint density at radius 3 is 2.35 bits per heavy atom. The quantitative estimate of drug-likeness (QED) is 0.238. The minimum absolute atomic E-state index is 0.0621. The summed E-state index contributed by atoms with van der Waals surface area (Å²) in [6, 6.07) is 21.9. The third-order valence-corrected chi connectivity index (χ3v) is 10.1. The van der Waals surface area contributed by atoms with Gasteiger partial charge in [0, 0.05) is 42.5 Å². The number of nitrogens with one attached hydrogen (secondary N) is 1. The molecule has 1 atom stereocenters. The molecule has 11 heteroatoms. The number of benzene rings is 3. The first-order valence-corrected chi connectivity index (χ1v) is 18.6. The summed E-state index contributed by atoms with van der Waals surface area (Å²) < 4.78 is 39.2. The molecule has 46 heavy (non-hydrogen) atoms. The SMILES string of the molecule is CS(=O)(=O)N(CCCC(=O)N(Cc1cccc(Br)c1)[C@@H](Cc1ccccc1)C(=O)NC1CCCCC1)c1ccc2c(c1)OCCO2. The summed E-state index contributed by atoms with van der Waals surface area (Å²) in [7, 11) is -3.66. The molecule has 0 bridgehead atoms. The topological polar surface area (TPSA) is 105 Å². The van der Waals surface area contributed by atoms with E-state index >= 15 is 0 Å². The number of nitrogens with zero attached hydrogens (tertiary/aromatic N) is 2. The molecule has 2 aliphatic rings. The maximum absolute atomic E-state index is 14.1. The van der Waals surface area contributed by atoms with Crippen LogP contribution in [-0.2, 0) is 32.6 Å². The van der Waals surface area contributed by atoms with E-state index in [1.165, 1.54) is 10.7 Å². The Morgan fingerprint density at radius 1 is 0.913 bits per heavy atom. The Balaban J connectivity index is 1.38. The van der Waals surface area contributed by atoms with Crippen LogP contribution in [0.25, 0.3) is 0 Å². The van der Waals surface area contributed by atoms with Crippen molar-refractivity contribution in [3.63, 3.8) is 0 Å². The van der Waals surface area contributed by atoms with Crippen LogP contribution in [0.5, 0.6) is 11.5 Å². The van der Waals surface area contributed by atoms with Crippen molar-refractivity contribution in [3.05, 3.63) is 88.4 Å². The first-order valence-electron chi connectivity index (χ1n) is 15.9. The lowest BCUT2D eigenvalue weighted by Gasteiger charge is -2.34. The number of hydrogen-bond donors (Lipinski definition) is 1. The highest BCUT2D eigenvalue weighted by Crippen LogP contribution is 2.35. The fraction of sp³-hybridized carbons (Fsp3) is 0.429. The van der Waals surface area contributed by atoms with Gasteiger partial charge in [-0.05, 0) is 54.7 Å². The number of hydrogen-bond acceptors (Lipinski definition) is 6. The van der Waals surface area contributed by atoms with Crippen molar-refractivity contribution in [1.29, 1.82) is 0 Å². The van der Waals surface area contributed by atoms with Crippen LogP contribution in [0.15, 0.2) is 77.3 Å². The predicted molar refractivity (Wildman–Crippen MR) is 182 cm³/mol. The fourth-order valence-corrected chi connectivity index (χ4v) is 7.53. The molecule has 1 heterocycles. The van der Waals surface area contributed by atoms with E-state index in [1.807, 2.05) is 54.6 Å². The van der Waals surface area contributed by atoms with Gasteiger partial charge < -0.3 is 19.7 Å². The summed E-state index contributed by atoms with van der Waals surface area (Å²) in [6.07, 6.45) is 7.04. The van der Waals surface area contributed by atoms with E-state index < -0.39 is 16.1 Å². The highest BCUT2D eigenvalue weighted by molar-refractivity contribution is 9.10. The van der Waals surface area contributed by atoms with Gasteiger partial charge in [-0.3, -0.25) is 13.9 Å². The van der Waals surface area contributed by atoms with E-state index in [9.17, 15) is 18.0 Å². The number of carbonyl (C=O) groups is 2. The van der Waals surface area contributed by atoms with E-state index in [-0.39, 0.29) is 43.8 Å². The number of rotatable bonds is 13. The van der Waals surface area contributed by atoms with Gasteiger partial charge in [0.1, 0.15) is 19.3 Å². The summed E-state index contributed by atoms with van der Waals surface area (Å²) in [5.74, 6) is 0.683. The van der Waals surface area contributed by atoms with Crippen molar-refractivity contribution >= 4 is 43.5 Å². The van der Waals surface area contributed by atoms with Gasteiger partial charge in [0.05, 0.1) is 11.9 Å². The van der Waals surface area contributed by atoms with Crippen molar-refractivity contribution < 1.29 is 27.5 Å². The molecule has 1 aliphatic carbocycles. The zero-order valence-electron chi connectivity index (χ0n) is 26.2. The van der Waals surface area contributed by atoms with E-state index in [1.54, 1.807) is 23.1 Å². The summed E-state index contributed by atoms with van der Waals surface area (Å²) in [4.78, 5) is 29.8. The van der Waals surface area contributed by atoms with Crippen molar-refractivity contribution in [3.8, 4) is 11.5 Å². The number of anilines is 1. The zero-order chi connectivity index (χ0) is 32.5. The minimum Gasteiger partial charge on any atom is -0.486 e. The van der Waals surface area contributed by atoms with Crippen LogP contribution < -0.4 is 19.1 Å². The van der Waals surface area contributed by atoms with Crippen molar-refractivity contribution in [2.24, 2.45) is 0 Å². The second-order valence-electron chi connectivity index (χ2n) is 12.0. The van der Waals surface area contributed by atoms with Crippen molar-refractivity contribution in [2.45, 2.75) is 70.0 Å². The third-order valence-electron chi connectivity index (χ3n) is 8.43. The van der Waals surface area contributed by atoms with Gasteiger partial charge in [-0.25, -0.2) is 8.42 Å². The molecule has 5 rings (SSSR count). The smallest absolute Gasteiger partial charge is 0.243 e. The molecule has 2 amide bonds. The Labute approximate surface area is 280 Å². The van der Waals surface area contributed by atoms with E-state index in [0.717, 1.165) is 47.5 Å². The lowest BCUT2D eigenvalue weighted by atomic mass is 9.94. The van der Waals surface area contributed by atoms with E-state index in [0.29, 0.717) is 36.8 Å². The Hall–Kier alpha value is -3.57. The Morgan fingerprint density at radius 2 is 1.63 bits per heavy atom. The number of amides is 2. The van der Waals surface area contributed by atoms with Gasteiger partial charge in [0.25, 0.3) is 0 Å². The van der Waals surface area contributed by atoms with Gasteiger partial charge in [-0.1, -0.05) is 77.7 Å². The fourth-order valence-electron chi connectivity index (χ4n) is 6.12. The number of carbonyl (C=O) groups excluding carboxylic acids is 2. The van der Waals surface area contributed by atoms with Crippen LogP contribution in [0.1, 0.15) is 56.1 Å². The van der Waals surface area contributed by atoms with Gasteiger partial charge in [0.15, 0.2) is 11.5 Å². The highest BCUT2D eigenvalue weighted by atomic mass is 79.9. The molecule has 1 aliphatic heterocycles. The summed E-state index contributed by atoms with van der Waals surface area (Å²) in [6.45, 7) is 1.15. The molecule has 0 saturated heterocycles. The first-order chi connectivity index (χ1) is 22.2. The molecular weight excluding hydrogens is 670 g/mol. The van der Waals surface area contributed by atoms with Crippen LogP contribution in [-0.4, -0.2) is 63.2 Å². The van der Waals surface area contributed by atoms with Crippen LogP contribution in [0, 0.1) is 0 Å². The van der Waals surface area contributed by atoms with Crippen LogP contribution >= 0.6 is 15.9 Å². The summed E-state index contributed by atoms with van der Waals surface area (Å²) in [5.41, 5.74) is 2.29. The van der Waals surface area contributed by atoms with Gasteiger partial charge in [-0.15, -0.1) is 0 Å². The second kappa shape index (κ2) is 15.8. The molecule has 0 spiro atoms. The maximum Gasteiger partial charge on any atom is 0.243 e. The van der Waals surface area contributed by atoms with Gasteiger partial charge in [0.2, 0.25) is 21.8 Å². The van der Waals surface area contributed by atoms with Crippen LogP contribution in [0.4, 0.5) is 5.69 Å². The standard InChI is InChI=1S/C35H42BrN3O6S/c1-46(42,43)39(30-17-18-32-33(24-30)45-21-20-44-32)19-9-16-34(40)38(25-27-12-8-13-28(36)22-27)31(23-26-10-4-2-5-11-26)35(41)37-29-14-6-3-7-15-29/h2,4-5,8,10-13,17-18,22,24,29,31H,3,6-7,9,14-16,19-21,23,25H2,1H3,(H,37,41)/t31-/m0/s1. The first kappa shape index (κ1) is 33.8. The normalized spacial score (nSPS) is 15.5. The largest absolute Gasteiger partial charge is 0.486 e. The monoisotopic (exact) mass is 711 g/mol. The molecule has 0 aromatic heterocycles. The predicted octanol–water partition coefficient (Wildman–Crippen LogP) is 5.86. The molecule has 9 nitrogen and oxygen atoms in total. The number of halogens is 1. The second-order valence-corrected chi connectivity index (χ2v) is 14.8. The summed E-state index contributed by atoms with van der Waals surface area (Å²) >= 11 is 3.53. The molecule has 0 unspecified atom stereocenters. The minimum atomic E-state index is -3.66. The van der Waals surface area contributed by atoms with Crippen molar-refractivity contribution in [1.82, 2.24) is 10.2 Å². The molecule has 0 radical (unpaired) electrons. The zero-order valence-corrected chi connectivity index (χ0v) is 28.6. The van der Waals surface area contributed by atoms with Crippen LogP contribution in [0.2, 0.25) is 0 Å². The Kier molecular flexibility index (Phi) is 11.6. The Bertz CT molecular complexity index is 1600. The number of ether oxygens (including phenoxy) is 2. The molecule has 246 valence electrons. The van der Waals surface area contributed by atoms with Gasteiger partial charge >= 0.3 is 0 Å². The average molecular weight is 713 g/mol. The lowest BCUT2D eigenvalue weighted by Crippen LogP contribution is -2.52. The molecule has 1 N–H and O–H groups in total. The molecule has 3 aromatic rings. The molecule has 1 fully saturated rings. The number of sulfonamides is 1. The third kappa shape index (κ3) is 9.25. The molecular formula is C35H42BrN3O6S. The lowest BCUT2D eigenvalue weighted by molar-refractivity contribution is -0.141. The molecule has 3 aromatic carbocycles. The highest BCUT2D eigenvalue weighted by Gasteiger charge is 2.32. The maximum atomic E-state index is 14.1. The number of fused-ring (bicyclic) bond motifs is 1. The molecule has 1 saturated carbocycles. The van der Waals surface area contributed by atoms with E-state index in [4.69, 9.17) is 9.47 Å². The van der Waals surface area contributed by atoms with E-state index in [2.05, 4.69) is 21.2 Å². The average Bonchev–Trinajstić information content (AvgIpc) is 3.05. The van der Waals surface area contributed by atoms with Gasteiger partial charge in [-0.2, -0.15) is 0 Å². The van der Waals surface area contributed by atoms with Crippen molar-refractivity contribution in [2.75, 3.05) is 30.3 Å². The summed E-state index contributed by atoms with van der Waals surface area (Å²) in [5, 5.41) is 3.26. The van der Waals surface area contributed by atoms with Crippen LogP contribution in [0.3, 0.4) is 0 Å².